The number of aromatic nitrogens is 2. The average Bonchev–Trinajstić information content (AvgIpc) is 2.72. The SMILES string of the molecule is O=C(O)c1nn(-c2cc(F)cc(F)c2)cc1CCO. The van der Waals surface area contributed by atoms with Crippen LogP contribution < -0.4 is 0 Å². The molecule has 0 atom stereocenters. The number of aliphatic hydroxyl groups excluding tert-OH is 1. The highest BCUT2D eigenvalue weighted by atomic mass is 19.1. The highest BCUT2D eigenvalue weighted by Gasteiger charge is 2.16. The summed E-state index contributed by atoms with van der Waals surface area (Å²) in [6.07, 6.45) is 1.42. The summed E-state index contributed by atoms with van der Waals surface area (Å²) in [7, 11) is 0. The molecular formula is C12H10F2N2O3. The van der Waals surface area contributed by atoms with E-state index in [1.165, 1.54) is 6.20 Å². The fourth-order valence-electron chi connectivity index (χ4n) is 1.70. The topological polar surface area (TPSA) is 75.3 Å². The molecule has 0 aliphatic rings. The Labute approximate surface area is 106 Å². The first-order valence-electron chi connectivity index (χ1n) is 5.40. The van der Waals surface area contributed by atoms with Crippen molar-refractivity contribution in [1.82, 2.24) is 9.78 Å². The quantitative estimate of drug-likeness (QED) is 0.878. The normalized spacial score (nSPS) is 10.7. The Kier molecular flexibility index (Phi) is 3.57. The van der Waals surface area contributed by atoms with Crippen LogP contribution in [0.1, 0.15) is 16.1 Å². The van der Waals surface area contributed by atoms with E-state index in [0.29, 0.717) is 11.6 Å². The highest BCUT2D eigenvalue weighted by molar-refractivity contribution is 5.87. The van der Waals surface area contributed by atoms with E-state index >= 15 is 0 Å². The predicted octanol–water partition coefficient (Wildman–Crippen LogP) is 1.38. The van der Waals surface area contributed by atoms with Crippen LogP contribution in [0.4, 0.5) is 8.78 Å². The number of halogens is 2. The van der Waals surface area contributed by atoms with Crippen LogP contribution in [0.3, 0.4) is 0 Å². The van der Waals surface area contributed by atoms with Gasteiger partial charge in [-0.25, -0.2) is 18.3 Å². The Bertz CT molecular complexity index is 605. The molecule has 1 aromatic heterocycles. The van der Waals surface area contributed by atoms with E-state index in [-0.39, 0.29) is 24.4 Å². The van der Waals surface area contributed by atoms with Gasteiger partial charge in [0.2, 0.25) is 0 Å². The molecule has 0 saturated heterocycles. The number of rotatable bonds is 4. The first-order chi connectivity index (χ1) is 9.01. The van der Waals surface area contributed by atoms with Crippen LogP contribution in [0.15, 0.2) is 24.4 Å². The minimum absolute atomic E-state index is 0.0733. The number of benzene rings is 1. The van der Waals surface area contributed by atoms with Crippen LogP contribution in [-0.4, -0.2) is 32.6 Å². The fraction of sp³-hybridized carbons (Fsp3) is 0.167. The van der Waals surface area contributed by atoms with Crippen molar-refractivity contribution in [3.8, 4) is 5.69 Å². The van der Waals surface area contributed by atoms with Gasteiger partial charge in [-0.15, -0.1) is 0 Å². The number of aliphatic hydroxyl groups is 1. The van der Waals surface area contributed by atoms with Gasteiger partial charge in [-0.05, 0) is 18.6 Å². The molecule has 19 heavy (non-hydrogen) atoms. The van der Waals surface area contributed by atoms with Crippen LogP contribution in [0.25, 0.3) is 5.69 Å². The molecule has 0 fully saturated rings. The van der Waals surface area contributed by atoms with Gasteiger partial charge in [0.05, 0.1) is 5.69 Å². The third kappa shape index (κ3) is 2.76. The summed E-state index contributed by atoms with van der Waals surface area (Å²) in [5.41, 5.74) is 0.113. The molecule has 0 bridgehead atoms. The molecule has 0 amide bonds. The van der Waals surface area contributed by atoms with Crippen molar-refractivity contribution < 1.29 is 23.8 Å². The van der Waals surface area contributed by atoms with Crippen molar-refractivity contribution in [2.75, 3.05) is 6.61 Å². The first kappa shape index (κ1) is 13.2. The standard InChI is InChI=1S/C12H10F2N2O3/c13-8-3-9(14)5-10(4-8)16-6-7(1-2-17)11(15-16)12(18)19/h3-6,17H,1-2H2,(H,18,19). The van der Waals surface area contributed by atoms with Gasteiger partial charge in [-0.2, -0.15) is 5.10 Å². The van der Waals surface area contributed by atoms with Gasteiger partial charge in [0.25, 0.3) is 0 Å². The molecule has 100 valence electrons. The lowest BCUT2D eigenvalue weighted by atomic mass is 10.2. The van der Waals surface area contributed by atoms with Crippen LogP contribution in [0.5, 0.6) is 0 Å². The second kappa shape index (κ2) is 5.15. The van der Waals surface area contributed by atoms with E-state index < -0.39 is 17.6 Å². The average molecular weight is 268 g/mol. The predicted molar refractivity (Wildman–Crippen MR) is 61.2 cm³/mol. The number of hydrogen-bond donors (Lipinski definition) is 2. The monoisotopic (exact) mass is 268 g/mol. The Morgan fingerprint density at radius 2 is 1.89 bits per heavy atom. The van der Waals surface area contributed by atoms with Crippen LogP contribution in [0.2, 0.25) is 0 Å². The van der Waals surface area contributed by atoms with Gasteiger partial charge in [0, 0.05) is 24.4 Å². The molecule has 0 aliphatic carbocycles. The number of nitrogens with zero attached hydrogens (tertiary/aromatic N) is 2. The second-order valence-electron chi connectivity index (χ2n) is 3.85. The van der Waals surface area contributed by atoms with E-state index in [1.807, 2.05) is 0 Å². The van der Waals surface area contributed by atoms with Gasteiger partial charge < -0.3 is 10.2 Å². The molecule has 0 unspecified atom stereocenters. The summed E-state index contributed by atoms with van der Waals surface area (Å²) in [5.74, 6) is -2.84. The molecule has 0 saturated carbocycles. The lowest BCUT2D eigenvalue weighted by Crippen LogP contribution is -2.04. The Morgan fingerprint density at radius 1 is 1.26 bits per heavy atom. The fourth-order valence-corrected chi connectivity index (χ4v) is 1.70. The first-order valence-corrected chi connectivity index (χ1v) is 5.40. The Morgan fingerprint density at radius 3 is 2.42 bits per heavy atom. The molecule has 0 radical (unpaired) electrons. The van der Waals surface area contributed by atoms with Gasteiger partial charge >= 0.3 is 5.97 Å². The molecule has 2 aromatic rings. The number of carboxylic acid groups (broad SMARTS) is 1. The summed E-state index contributed by atoms with van der Waals surface area (Å²) in [4.78, 5) is 11.0. The molecule has 0 spiro atoms. The minimum Gasteiger partial charge on any atom is -0.476 e. The van der Waals surface area contributed by atoms with Crippen molar-refractivity contribution in [1.29, 1.82) is 0 Å². The molecule has 1 aromatic carbocycles. The van der Waals surface area contributed by atoms with Crippen LogP contribution in [0, 0.1) is 11.6 Å². The molecule has 0 aliphatic heterocycles. The summed E-state index contributed by atoms with van der Waals surface area (Å²) in [6, 6.07) is 2.77. The Hall–Kier alpha value is -2.28. The third-order valence-corrected chi connectivity index (χ3v) is 2.49. The second-order valence-corrected chi connectivity index (χ2v) is 3.85. The number of carboxylic acids is 1. The number of hydrogen-bond acceptors (Lipinski definition) is 3. The van der Waals surface area contributed by atoms with Gasteiger partial charge in [0.15, 0.2) is 5.69 Å². The van der Waals surface area contributed by atoms with Crippen molar-refractivity contribution in [3.63, 3.8) is 0 Å². The van der Waals surface area contributed by atoms with E-state index in [0.717, 1.165) is 16.8 Å². The summed E-state index contributed by atoms with van der Waals surface area (Å²) in [5, 5.41) is 21.6. The molecule has 2 N–H and O–H groups in total. The summed E-state index contributed by atoms with van der Waals surface area (Å²) >= 11 is 0. The van der Waals surface area contributed by atoms with E-state index in [2.05, 4.69) is 5.10 Å². The number of aromatic carboxylic acids is 1. The number of carbonyl (C=O) groups is 1. The zero-order valence-corrected chi connectivity index (χ0v) is 9.68. The van der Waals surface area contributed by atoms with Crippen LogP contribution in [-0.2, 0) is 6.42 Å². The van der Waals surface area contributed by atoms with E-state index in [1.54, 1.807) is 0 Å². The smallest absolute Gasteiger partial charge is 0.356 e. The molecule has 1 heterocycles. The zero-order valence-electron chi connectivity index (χ0n) is 9.68. The van der Waals surface area contributed by atoms with Gasteiger partial charge in [-0.3, -0.25) is 0 Å². The van der Waals surface area contributed by atoms with Gasteiger partial charge in [0.1, 0.15) is 11.6 Å². The molecule has 2 rings (SSSR count). The molecule has 5 nitrogen and oxygen atoms in total. The summed E-state index contributed by atoms with van der Waals surface area (Å²) in [6.45, 7) is -0.247. The maximum absolute atomic E-state index is 13.1. The minimum atomic E-state index is -1.26. The summed E-state index contributed by atoms with van der Waals surface area (Å²) < 4.78 is 27.3. The lowest BCUT2D eigenvalue weighted by Gasteiger charge is -2.01. The third-order valence-electron chi connectivity index (χ3n) is 2.49. The van der Waals surface area contributed by atoms with Crippen molar-refractivity contribution >= 4 is 5.97 Å². The van der Waals surface area contributed by atoms with Crippen LogP contribution >= 0.6 is 0 Å². The van der Waals surface area contributed by atoms with Crippen molar-refractivity contribution in [2.24, 2.45) is 0 Å². The lowest BCUT2D eigenvalue weighted by molar-refractivity contribution is 0.0688. The van der Waals surface area contributed by atoms with Crippen molar-refractivity contribution in [2.45, 2.75) is 6.42 Å². The van der Waals surface area contributed by atoms with E-state index in [4.69, 9.17) is 10.2 Å². The Balaban J connectivity index is 2.50. The zero-order chi connectivity index (χ0) is 14.0. The van der Waals surface area contributed by atoms with Gasteiger partial charge in [-0.1, -0.05) is 0 Å². The largest absolute Gasteiger partial charge is 0.476 e. The maximum atomic E-state index is 13.1. The van der Waals surface area contributed by atoms with Crippen molar-refractivity contribution in [3.05, 3.63) is 47.3 Å². The molecule has 7 heteroatoms. The maximum Gasteiger partial charge on any atom is 0.356 e. The molecular weight excluding hydrogens is 258 g/mol. The highest BCUT2D eigenvalue weighted by Crippen LogP contribution is 2.16. The van der Waals surface area contributed by atoms with E-state index in [9.17, 15) is 13.6 Å².